The Morgan fingerprint density at radius 3 is 2.53 bits per heavy atom. The Kier molecular flexibility index (Phi) is 6.36. The molecule has 1 aliphatic heterocycles. The van der Waals surface area contributed by atoms with E-state index in [1.807, 2.05) is 0 Å². The highest BCUT2D eigenvalue weighted by molar-refractivity contribution is 6.30. The molecule has 0 radical (unpaired) electrons. The second kappa shape index (κ2) is 8.44. The van der Waals surface area contributed by atoms with E-state index in [1.165, 1.54) is 19.2 Å². The lowest BCUT2D eigenvalue weighted by atomic mass is 9.74. The Bertz CT molecular complexity index is 1040. The van der Waals surface area contributed by atoms with Crippen molar-refractivity contribution in [3.63, 3.8) is 0 Å². The fourth-order valence-electron chi connectivity index (χ4n) is 4.01. The van der Waals surface area contributed by atoms with Crippen molar-refractivity contribution in [2.75, 3.05) is 24.3 Å². The predicted octanol–water partition coefficient (Wildman–Crippen LogP) is 5.06. The largest absolute Gasteiger partial charge is 0.496 e. The number of aliphatic hydroxyl groups is 1. The van der Waals surface area contributed by atoms with Crippen LogP contribution in [0.4, 0.5) is 28.9 Å². The van der Waals surface area contributed by atoms with Gasteiger partial charge in [0.2, 0.25) is 5.91 Å². The van der Waals surface area contributed by atoms with E-state index in [1.54, 1.807) is 19.9 Å². The number of hydrogen-bond acceptors (Lipinski definition) is 4. The first-order valence-corrected chi connectivity index (χ1v) is 10.1. The molecule has 174 valence electrons. The molecule has 5 nitrogen and oxygen atoms in total. The van der Waals surface area contributed by atoms with Crippen LogP contribution in [0, 0.1) is 5.82 Å². The van der Waals surface area contributed by atoms with Crippen LogP contribution in [0.15, 0.2) is 30.3 Å². The van der Waals surface area contributed by atoms with Crippen molar-refractivity contribution in [2.24, 2.45) is 0 Å². The fraction of sp³-hybridized carbons (Fsp3) is 0.409. The molecule has 0 saturated heterocycles. The summed E-state index contributed by atoms with van der Waals surface area (Å²) in [6, 6.07) is 6.68. The second-order valence-electron chi connectivity index (χ2n) is 8.49. The summed E-state index contributed by atoms with van der Waals surface area (Å²) in [5.41, 5.74) is -3.35. The molecule has 0 saturated carbocycles. The molecule has 0 bridgehead atoms. The normalized spacial score (nSPS) is 15.7. The van der Waals surface area contributed by atoms with E-state index >= 15 is 0 Å². The van der Waals surface area contributed by atoms with Gasteiger partial charge in [0.05, 0.1) is 20.1 Å². The van der Waals surface area contributed by atoms with E-state index in [-0.39, 0.29) is 17.8 Å². The van der Waals surface area contributed by atoms with Gasteiger partial charge in [0.1, 0.15) is 11.6 Å². The number of carbonyl (C=O) groups excluding carboxylic acids is 1. The minimum absolute atomic E-state index is 0.0166. The summed E-state index contributed by atoms with van der Waals surface area (Å²) in [6.07, 6.45) is -5.82. The number of benzene rings is 2. The minimum atomic E-state index is -5.00. The van der Waals surface area contributed by atoms with Crippen molar-refractivity contribution in [2.45, 2.75) is 43.9 Å². The maximum Gasteiger partial charge on any atom is 0.418 e. The molecule has 3 N–H and O–H groups in total. The zero-order valence-electron chi connectivity index (χ0n) is 17.7. The van der Waals surface area contributed by atoms with Crippen molar-refractivity contribution in [1.29, 1.82) is 0 Å². The first kappa shape index (κ1) is 24.1. The lowest BCUT2D eigenvalue weighted by Gasteiger charge is -2.38. The van der Waals surface area contributed by atoms with Gasteiger partial charge in [-0.05, 0) is 41.7 Å². The van der Waals surface area contributed by atoms with Crippen LogP contribution in [-0.2, 0) is 16.6 Å². The predicted molar refractivity (Wildman–Crippen MR) is 114 cm³/mol. The van der Waals surface area contributed by atoms with Crippen molar-refractivity contribution in [3.05, 3.63) is 52.3 Å². The van der Waals surface area contributed by atoms with Crippen LogP contribution in [0.5, 0.6) is 5.75 Å². The number of alkyl halides is 3. The van der Waals surface area contributed by atoms with E-state index in [2.05, 4.69) is 10.6 Å². The molecule has 1 aliphatic rings. The van der Waals surface area contributed by atoms with Gasteiger partial charge < -0.3 is 20.5 Å². The summed E-state index contributed by atoms with van der Waals surface area (Å²) in [4.78, 5) is 11.6. The zero-order valence-corrected chi connectivity index (χ0v) is 18.4. The molecular formula is C22H23ClF4N2O3. The lowest BCUT2D eigenvalue weighted by Crippen LogP contribution is -2.53. The average molecular weight is 475 g/mol. The molecule has 0 aromatic heterocycles. The number of halogens is 5. The number of rotatable bonds is 7. The van der Waals surface area contributed by atoms with Gasteiger partial charge in [-0.3, -0.25) is 4.79 Å². The number of anilines is 2. The SMILES string of the molecule is COc1cc(Cl)ccc1C(C)(C)CC(O)(CNc1cc(F)cc2c1CC(=O)N2)C(F)(F)F. The van der Waals surface area contributed by atoms with Crippen molar-refractivity contribution in [3.8, 4) is 5.75 Å². The Balaban J connectivity index is 1.91. The Labute approximate surface area is 187 Å². The molecule has 0 aliphatic carbocycles. The van der Waals surface area contributed by atoms with Gasteiger partial charge in [-0.1, -0.05) is 31.5 Å². The highest BCUT2D eigenvalue weighted by Crippen LogP contribution is 2.44. The first-order valence-electron chi connectivity index (χ1n) is 9.75. The van der Waals surface area contributed by atoms with Gasteiger partial charge >= 0.3 is 6.18 Å². The summed E-state index contributed by atoms with van der Waals surface area (Å²) in [7, 11) is 1.38. The summed E-state index contributed by atoms with van der Waals surface area (Å²) in [5, 5.41) is 16.1. The Hall–Kier alpha value is -2.52. The summed E-state index contributed by atoms with van der Waals surface area (Å²) < 4.78 is 61.3. The molecule has 2 aromatic carbocycles. The third kappa shape index (κ3) is 4.78. The topological polar surface area (TPSA) is 70.6 Å². The highest BCUT2D eigenvalue weighted by atomic mass is 35.5. The number of hydrogen-bond donors (Lipinski definition) is 3. The molecule has 1 atom stereocenters. The van der Waals surface area contributed by atoms with Crippen LogP contribution in [0.3, 0.4) is 0 Å². The average Bonchev–Trinajstić information content (AvgIpc) is 3.04. The number of nitrogens with one attached hydrogen (secondary N) is 2. The van der Waals surface area contributed by atoms with Crippen molar-refractivity contribution >= 4 is 28.9 Å². The van der Waals surface area contributed by atoms with E-state index in [0.717, 1.165) is 12.1 Å². The number of amides is 1. The van der Waals surface area contributed by atoms with E-state index in [9.17, 15) is 27.5 Å². The van der Waals surface area contributed by atoms with E-state index in [0.29, 0.717) is 21.9 Å². The maximum absolute atomic E-state index is 14.0. The maximum atomic E-state index is 14.0. The molecule has 3 rings (SSSR count). The lowest BCUT2D eigenvalue weighted by molar-refractivity contribution is -0.260. The van der Waals surface area contributed by atoms with Crippen molar-refractivity contribution < 1.29 is 32.2 Å². The third-order valence-corrected chi connectivity index (χ3v) is 5.79. The standard InChI is InChI=1S/C22H23ClF4N2O3/c1-20(2,15-5-4-12(23)6-18(15)32-3)10-21(31,22(25,26)27)11-28-16-7-13(24)8-17-14(16)9-19(30)29-17/h4-8,28,31H,9-11H2,1-3H3,(H,29,30). The van der Waals surface area contributed by atoms with Crippen LogP contribution < -0.4 is 15.4 Å². The summed E-state index contributed by atoms with van der Waals surface area (Å²) in [5.74, 6) is -0.821. The molecule has 1 heterocycles. The van der Waals surface area contributed by atoms with Gasteiger partial charge in [0.25, 0.3) is 0 Å². The smallest absolute Gasteiger partial charge is 0.418 e. The number of fused-ring (bicyclic) bond motifs is 1. The van der Waals surface area contributed by atoms with Crippen LogP contribution in [0.1, 0.15) is 31.4 Å². The molecule has 0 spiro atoms. The number of carbonyl (C=O) groups is 1. The van der Waals surface area contributed by atoms with Gasteiger partial charge in [0, 0.05) is 22.0 Å². The van der Waals surface area contributed by atoms with Crippen LogP contribution in [0.2, 0.25) is 5.02 Å². The van der Waals surface area contributed by atoms with Gasteiger partial charge in [-0.25, -0.2) is 4.39 Å². The quantitative estimate of drug-likeness (QED) is 0.491. The van der Waals surface area contributed by atoms with Crippen LogP contribution in [-0.4, -0.2) is 36.4 Å². The van der Waals surface area contributed by atoms with Gasteiger partial charge in [0.15, 0.2) is 5.60 Å². The fourth-order valence-corrected chi connectivity index (χ4v) is 4.17. The molecule has 0 fully saturated rings. The Morgan fingerprint density at radius 2 is 1.91 bits per heavy atom. The minimum Gasteiger partial charge on any atom is -0.496 e. The first-order chi connectivity index (χ1) is 14.8. The molecular weight excluding hydrogens is 452 g/mol. The van der Waals surface area contributed by atoms with E-state index in [4.69, 9.17) is 16.3 Å². The third-order valence-electron chi connectivity index (χ3n) is 5.55. The number of methoxy groups -OCH3 is 1. The zero-order chi connectivity index (χ0) is 23.9. The summed E-state index contributed by atoms with van der Waals surface area (Å²) >= 11 is 5.96. The number of ether oxygens (including phenoxy) is 1. The Morgan fingerprint density at radius 1 is 1.22 bits per heavy atom. The van der Waals surface area contributed by atoms with Crippen LogP contribution >= 0.6 is 11.6 Å². The molecule has 10 heteroatoms. The molecule has 2 aromatic rings. The van der Waals surface area contributed by atoms with Gasteiger partial charge in [-0.2, -0.15) is 13.2 Å². The van der Waals surface area contributed by atoms with E-state index < -0.39 is 41.9 Å². The molecule has 32 heavy (non-hydrogen) atoms. The molecule has 1 unspecified atom stereocenters. The van der Waals surface area contributed by atoms with Crippen molar-refractivity contribution in [1.82, 2.24) is 0 Å². The van der Waals surface area contributed by atoms with Gasteiger partial charge in [-0.15, -0.1) is 0 Å². The highest BCUT2D eigenvalue weighted by Gasteiger charge is 2.56. The second-order valence-corrected chi connectivity index (χ2v) is 8.93. The monoisotopic (exact) mass is 474 g/mol. The molecule has 1 amide bonds. The van der Waals surface area contributed by atoms with Crippen LogP contribution in [0.25, 0.3) is 0 Å². The summed E-state index contributed by atoms with van der Waals surface area (Å²) in [6.45, 7) is 2.16.